The van der Waals surface area contributed by atoms with Gasteiger partial charge in [-0.15, -0.1) is 0 Å². The van der Waals surface area contributed by atoms with Gasteiger partial charge in [0.25, 0.3) is 11.8 Å². The Balaban J connectivity index is 1.37. The Morgan fingerprint density at radius 2 is 1.47 bits per heavy atom. The van der Waals surface area contributed by atoms with E-state index in [1.54, 1.807) is 4.90 Å². The molecule has 0 aromatic heterocycles. The van der Waals surface area contributed by atoms with Crippen LogP contribution in [0.15, 0.2) is 60.7 Å². The first-order valence-electron chi connectivity index (χ1n) is 10.5. The first-order chi connectivity index (χ1) is 15.5. The van der Waals surface area contributed by atoms with Gasteiger partial charge in [-0.3, -0.25) is 24.1 Å². The van der Waals surface area contributed by atoms with Gasteiger partial charge in [0.05, 0.1) is 12.2 Å². The number of nitrogens with zero attached hydrogens (tertiary/aromatic N) is 2. The van der Waals surface area contributed by atoms with E-state index in [1.807, 2.05) is 54.6 Å². The molecule has 162 valence electrons. The first kappa shape index (κ1) is 21.2. The molecule has 7 nitrogen and oxygen atoms in total. The first-order valence-corrected chi connectivity index (χ1v) is 10.5. The number of carbonyl (C=O) groups excluding carboxylic acids is 4. The van der Waals surface area contributed by atoms with Crippen molar-refractivity contribution in [2.45, 2.75) is 19.4 Å². The van der Waals surface area contributed by atoms with Gasteiger partial charge in [0.2, 0.25) is 11.8 Å². The van der Waals surface area contributed by atoms with Crippen LogP contribution in [0.25, 0.3) is 12.2 Å². The Labute approximate surface area is 186 Å². The van der Waals surface area contributed by atoms with E-state index in [0.717, 1.165) is 27.3 Å². The highest BCUT2D eigenvalue weighted by atomic mass is 16.2. The molecule has 4 amide bonds. The number of nitrogens with one attached hydrogen (secondary N) is 1. The van der Waals surface area contributed by atoms with Gasteiger partial charge in [0.15, 0.2) is 0 Å². The van der Waals surface area contributed by atoms with Crippen LogP contribution >= 0.6 is 0 Å². The van der Waals surface area contributed by atoms with Crippen molar-refractivity contribution in [1.82, 2.24) is 10.2 Å². The fourth-order valence-corrected chi connectivity index (χ4v) is 3.77. The number of amides is 4. The monoisotopic (exact) mass is 429 g/mol. The topological polar surface area (TPSA) is 86.8 Å². The highest BCUT2D eigenvalue weighted by Crippen LogP contribution is 2.29. The summed E-state index contributed by atoms with van der Waals surface area (Å²) in [6, 6.07) is 15.7. The molecule has 2 aliphatic rings. The Morgan fingerprint density at radius 1 is 0.812 bits per heavy atom. The molecule has 7 heteroatoms. The van der Waals surface area contributed by atoms with Crippen molar-refractivity contribution in [2.24, 2.45) is 0 Å². The molecular weight excluding hydrogens is 406 g/mol. The summed E-state index contributed by atoms with van der Waals surface area (Å²) in [4.78, 5) is 51.1. The molecule has 0 saturated carbocycles. The van der Waals surface area contributed by atoms with Gasteiger partial charge in [-0.1, -0.05) is 54.6 Å². The van der Waals surface area contributed by atoms with Crippen LogP contribution in [0.5, 0.6) is 0 Å². The Kier molecular flexibility index (Phi) is 6.26. The van der Waals surface area contributed by atoms with Crippen LogP contribution in [-0.4, -0.2) is 41.6 Å². The van der Waals surface area contributed by atoms with E-state index in [2.05, 4.69) is 11.4 Å². The molecule has 2 aromatic rings. The molecule has 0 fully saturated rings. The van der Waals surface area contributed by atoms with Crippen LogP contribution in [0.1, 0.15) is 29.5 Å². The molecule has 0 spiro atoms. The van der Waals surface area contributed by atoms with Gasteiger partial charge in [0.1, 0.15) is 0 Å². The second kappa shape index (κ2) is 9.43. The summed E-state index contributed by atoms with van der Waals surface area (Å²) in [5.74, 6) is -1.24. The molecule has 0 unspecified atom stereocenters. The minimum absolute atomic E-state index is 0.00192. The normalized spacial score (nSPS) is 15.6. The van der Waals surface area contributed by atoms with E-state index in [4.69, 9.17) is 0 Å². The van der Waals surface area contributed by atoms with Crippen LogP contribution < -0.4 is 10.2 Å². The zero-order valence-electron chi connectivity index (χ0n) is 17.5. The molecule has 0 bridgehead atoms. The Bertz CT molecular complexity index is 1120. The molecule has 2 aliphatic heterocycles. The second-order valence-electron chi connectivity index (χ2n) is 7.58. The van der Waals surface area contributed by atoms with Crippen molar-refractivity contribution >= 4 is 41.5 Å². The lowest BCUT2D eigenvalue weighted by Crippen LogP contribution is -2.37. The van der Waals surface area contributed by atoms with Crippen molar-refractivity contribution in [3.63, 3.8) is 0 Å². The number of carbonyl (C=O) groups is 4. The molecule has 0 aliphatic carbocycles. The SMILES string of the molecule is O=C(CCN1C(=O)C=CC1=O)NCCC(=O)N1Cc2ccccc2/C=C\c2ccccc21. The van der Waals surface area contributed by atoms with Crippen LogP contribution in [0.2, 0.25) is 0 Å². The lowest BCUT2D eigenvalue weighted by atomic mass is 10.0. The number of hydrogen-bond donors (Lipinski definition) is 1. The maximum atomic E-state index is 13.1. The van der Waals surface area contributed by atoms with Crippen molar-refractivity contribution in [1.29, 1.82) is 0 Å². The van der Waals surface area contributed by atoms with Crippen LogP contribution in [0, 0.1) is 0 Å². The zero-order valence-corrected chi connectivity index (χ0v) is 17.5. The predicted molar refractivity (Wildman–Crippen MR) is 121 cm³/mol. The van der Waals surface area contributed by atoms with Crippen molar-refractivity contribution in [3.05, 3.63) is 77.4 Å². The van der Waals surface area contributed by atoms with Gasteiger partial charge in [-0.25, -0.2) is 0 Å². The van der Waals surface area contributed by atoms with Gasteiger partial charge in [0, 0.05) is 38.1 Å². The number of benzene rings is 2. The van der Waals surface area contributed by atoms with E-state index in [-0.39, 0.29) is 37.7 Å². The van der Waals surface area contributed by atoms with Crippen molar-refractivity contribution in [2.75, 3.05) is 18.0 Å². The molecule has 1 N–H and O–H groups in total. The van der Waals surface area contributed by atoms with Gasteiger partial charge in [-0.2, -0.15) is 0 Å². The maximum absolute atomic E-state index is 13.1. The van der Waals surface area contributed by atoms with E-state index >= 15 is 0 Å². The predicted octanol–water partition coefficient (Wildman–Crippen LogP) is 2.53. The third-order valence-corrected chi connectivity index (χ3v) is 5.48. The summed E-state index contributed by atoms with van der Waals surface area (Å²) >= 11 is 0. The zero-order chi connectivity index (χ0) is 22.5. The van der Waals surface area contributed by atoms with Crippen molar-refractivity contribution in [3.8, 4) is 0 Å². The highest BCUT2D eigenvalue weighted by molar-refractivity contribution is 6.13. The molecule has 4 rings (SSSR count). The number of rotatable bonds is 6. The number of fused-ring (bicyclic) bond motifs is 2. The average molecular weight is 429 g/mol. The molecule has 0 radical (unpaired) electrons. The summed E-state index contributed by atoms with van der Waals surface area (Å²) in [6.45, 7) is 0.636. The fraction of sp³-hybridized carbons (Fsp3) is 0.200. The van der Waals surface area contributed by atoms with E-state index in [1.165, 1.54) is 12.2 Å². The lowest BCUT2D eigenvalue weighted by molar-refractivity contribution is -0.137. The van der Waals surface area contributed by atoms with E-state index in [9.17, 15) is 19.2 Å². The number of imide groups is 1. The molecule has 2 aromatic carbocycles. The minimum atomic E-state index is -0.414. The quantitative estimate of drug-likeness (QED) is 0.715. The summed E-state index contributed by atoms with van der Waals surface area (Å²) in [5, 5.41) is 2.71. The number of para-hydroxylation sites is 1. The van der Waals surface area contributed by atoms with Crippen molar-refractivity contribution < 1.29 is 19.2 Å². The fourth-order valence-electron chi connectivity index (χ4n) is 3.77. The van der Waals surface area contributed by atoms with Gasteiger partial charge in [-0.05, 0) is 22.8 Å². The van der Waals surface area contributed by atoms with E-state index in [0.29, 0.717) is 6.54 Å². The number of hydrogen-bond acceptors (Lipinski definition) is 4. The minimum Gasteiger partial charge on any atom is -0.356 e. The molecule has 0 atom stereocenters. The van der Waals surface area contributed by atoms with E-state index < -0.39 is 11.8 Å². The lowest BCUT2D eigenvalue weighted by Gasteiger charge is -2.27. The third kappa shape index (κ3) is 4.67. The smallest absolute Gasteiger partial charge is 0.253 e. The largest absolute Gasteiger partial charge is 0.356 e. The third-order valence-electron chi connectivity index (χ3n) is 5.48. The standard InChI is InChI=1S/C25H23N3O4/c29-22(14-16-27-23(30)11-12-24(27)31)26-15-13-25(32)28-17-20-7-2-1-5-18(20)9-10-19-6-3-4-8-21(19)28/h1-12H,13-17H2,(H,26,29)/b10-9-. The highest BCUT2D eigenvalue weighted by Gasteiger charge is 2.24. The number of anilines is 1. The Morgan fingerprint density at radius 3 is 2.25 bits per heavy atom. The molecule has 0 saturated heterocycles. The average Bonchev–Trinajstić information content (AvgIpc) is 3.11. The maximum Gasteiger partial charge on any atom is 0.253 e. The summed E-state index contributed by atoms with van der Waals surface area (Å²) in [6.07, 6.45) is 6.57. The summed E-state index contributed by atoms with van der Waals surface area (Å²) < 4.78 is 0. The molecule has 32 heavy (non-hydrogen) atoms. The Hall–Kier alpha value is -4.00. The van der Waals surface area contributed by atoms with Gasteiger partial charge >= 0.3 is 0 Å². The summed E-state index contributed by atoms with van der Waals surface area (Å²) in [5.41, 5.74) is 3.89. The molecule has 2 heterocycles. The van der Waals surface area contributed by atoms with Crippen LogP contribution in [0.3, 0.4) is 0 Å². The van der Waals surface area contributed by atoms with Gasteiger partial charge < -0.3 is 10.2 Å². The van der Waals surface area contributed by atoms with Crippen LogP contribution in [-0.2, 0) is 25.7 Å². The molecular formula is C25H23N3O4. The summed E-state index contributed by atoms with van der Waals surface area (Å²) in [7, 11) is 0. The second-order valence-corrected chi connectivity index (χ2v) is 7.58. The van der Waals surface area contributed by atoms with Crippen LogP contribution in [0.4, 0.5) is 5.69 Å².